The minimum absolute atomic E-state index is 0.114. The number of carbonyl (C=O) groups is 4. The molecule has 1 aromatic heterocycles. The molecule has 0 radical (unpaired) electrons. The number of amides is 3. The molecule has 2 aliphatic rings. The van der Waals surface area contributed by atoms with E-state index in [9.17, 15) is 24.3 Å². The predicted octanol–water partition coefficient (Wildman–Crippen LogP) is 5.49. The second-order valence-corrected chi connectivity index (χ2v) is 13.9. The lowest BCUT2D eigenvalue weighted by molar-refractivity contribution is -0.141. The summed E-state index contributed by atoms with van der Waals surface area (Å²) in [5.41, 5.74) is 1.07. The van der Waals surface area contributed by atoms with Crippen LogP contribution in [0.1, 0.15) is 74.8 Å². The Kier molecular flexibility index (Phi) is 9.97. The van der Waals surface area contributed by atoms with E-state index in [0.29, 0.717) is 38.0 Å². The summed E-state index contributed by atoms with van der Waals surface area (Å²) in [6.07, 6.45) is 2.18. The van der Waals surface area contributed by atoms with Gasteiger partial charge < -0.3 is 24.8 Å². The number of nitrogens with one attached hydrogen (secondary N) is 1. The van der Waals surface area contributed by atoms with E-state index in [1.165, 1.54) is 23.3 Å². The number of rotatable bonds is 8. The molecule has 0 unspecified atom stereocenters. The quantitative estimate of drug-likeness (QED) is 0.326. The van der Waals surface area contributed by atoms with Crippen molar-refractivity contribution in [3.05, 3.63) is 52.3 Å². The number of carboxylic acid groups (broad SMARTS) is 1. The van der Waals surface area contributed by atoms with Crippen molar-refractivity contribution >= 4 is 46.0 Å². The minimum atomic E-state index is -0.987. The molecule has 0 spiro atoms. The van der Waals surface area contributed by atoms with Gasteiger partial charge in [-0.2, -0.15) is 0 Å². The average molecular weight is 651 g/mol. The van der Waals surface area contributed by atoms with Crippen molar-refractivity contribution in [2.45, 2.75) is 77.1 Å². The fourth-order valence-electron chi connectivity index (χ4n) is 6.11. The maximum Gasteiger partial charge on any atom is 0.410 e. The van der Waals surface area contributed by atoms with Crippen molar-refractivity contribution in [2.24, 2.45) is 5.92 Å². The number of carboxylic acids is 1. The van der Waals surface area contributed by atoms with E-state index in [1.54, 1.807) is 45.9 Å². The zero-order valence-electron chi connectivity index (χ0n) is 26.9. The second kappa shape index (κ2) is 13.8. The first-order chi connectivity index (χ1) is 21.9. The Labute approximate surface area is 272 Å². The number of ether oxygens (including phenoxy) is 2. The Bertz CT molecular complexity index is 1610. The Morgan fingerprint density at radius 1 is 1.09 bits per heavy atom. The van der Waals surface area contributed by atoms with Crippen LogP contribution in [-0.4, -0.2) is 88.3 Å². The topological polar surface area (TPSA) is 138 Å². The number of hydrogen-bond acceptors (Lipinski definition) is 8. The molecule has 2 N–H and O–H groups in total. The molecule has 3 amide bonds. The van der Waals surface area contributed by atoms with Crippen LogP contribution >= 0.6 is 11.3 Å². The lowest BCUT2D eigenvalue weighted by Gasteiger charge is -2.36. The molecular formula is C34H42N4O7S. The molecule has 3 atom stereocenters. The molecule has 2 aliphatic heterocycles. The number of nitrogens with zero attached hydrogens (tertiary/aromatic N) is 3. The summed E-state index contributed by atoms with van der Waals surface area (Å²) in [4.78, 5) is 60.3. The number of fused-ring (bicyclic) bond motifs is 1. The molecule has 2 fully saturated rings. The van der Waals surface area contributed by atoms with Crippen LogP contribution in [0.2, 0.25) is 0 Å². The summed E-state index contributed by atoms with van der Waals surface area (Å²) in [7, 11) is 1.51. The molecule has 11 nitrogen and oxygen atoms in total. The second-order valence-electron chi connectivity index (χ2n) is 13.0. The van der Waals surface area contributed by atoms with Crippen molar-refractivity contribution in [3.63, 3.8) is 0 Å². The summed E-state index contributed by atoms with van der Waals surface area (Å²) in [5, 5.41) is 16.9. The smallest absolute Gasteiger partial charge is 0.410 e. The monoisotopic (exact) mass is 650 g/mol. The van der Waals surface area contributed by atoms with Crippen LogP contribution in [0, 0.1) is 5.92 Å². The third kappa shape index (κ3) is 7.18. The number of likely N-dealkylation sites (tertiary alicyclic amines) is 1. The normalized spacial score (nSPS) is 18.6. The van der Waals surface area contributed by atoms with Gasteiger partial charge in [0.1, 0.15) is 22.7 Å². The number of aromatic carboxylic acids is 1. The van der Waals surface area contributed by atoms with E-state index >= 15 is 0 Å². The Hall–Kier alpha value is -4.03. The lowest BCUT2D eigenvalue weighted by atomic mass is 9.90. The van der Waals surface area contributed by atoms with Gasteiger partial charge in [-0.1, -0.05) is 30.3 Å². The Balaban J connectivity index is 1.38. The molecule has 5 rings (SSSR count). The Morgan fingerprint density at radius 3 is 2.46 bits per heavy atom. The van der Waals surface area contributed by atoms with E-state index in [1.807, 2.05) is 28.5 Å². The molecule has 2 saturated heterocycles. The van der Waals surface area contributed by atoms with Gasteiger partial charge in [0.05, 0.1) is 17.3 Å². The van der Waals surface area contributed by atoms with E-state index < -0.39 is 35.7 Å². The van der Waals surface area contributed by atoms with Crippen LogP contribution in [-0.2, 0) is 19.1 Å². The van der Waals surface area contributed by atoms with Gasteiger partial charge in [0.2, 0.25) is 11.8 Å². The standard InChI is InChI=1S/C34H42N4O7S/c1-20(37(5)33(43)45-34(2,3)4)29(39)36-28(21-14-17-44-18-15-21)31(40)38-16-8-11-27(38)30-35-26(19-46-30)24-12-13-25(32(41)42)23-10-7-6-9-22(23)24/h6-7,9-10,12-13,19-21,27-28H,8,11,14-18H2,1-5H3,(H,36,39)(H,41,42)/t20-,27-,28-/m0/s1. The van der Waals surface area contributed by atoms with Gasteiger partial charge in [-0.15, -0.1) is 11.3 Å². The number of carbonyl (C=O) groups excluding carboxylic acids is 3. The van der Waals surface area contributed by atoms with E-state index in [2.05, 4.69) is 5.32 Å². The number of likely N-dealkylation sites (N-methyl/N-ethyl adjacent to an activating group) is 1. The number of aromatic nitrogens is 1. The molecule has 0 saturated carbocycles. The highest BCUT2D eigenvalue weighted by atomic mass is 32.1. The summed E-state index contributed by atoms with van der Waals surface area (Å²) in [6.45, 7) is 8.46. The summed E-state index contributed by atoms with van der Waals surface area (Å²) >= 11 is 1.47. The van der Waals surface area contributed by atoms with Crippen molar-refractivity contribution in [2.75, 3.05) is 26.8 Å². The number of hydrogen-bond donors (Lipinski definition) is 2. The van der Waals surface area contributed by atoms with Crippen molar-refractivity contribution < 1.29 is 33.8 Å². The molecule has 2 aromatic carbocycles. The predicted molar refractivity (Wildman–Crippen MR) is 175 cm³/mol. The fourth-order valence-corrected chi connectivity index (χ4v) is 7.08. The van der Waals surface area contributed by atoms with Crippen molar-refractivity contribution in [1.82, 2.24) is 20.1 Å². The van der Waals surface area contributed by atoms with Gasteiger partial charge in [0.25, 0.3) is 0 Å². The van der Waals surface area contributed by atoms with Crippen LogP contribution in [0.25, 0.3) is 22.0 Å². The first kappa shape index (κ1) is 33.3. The van der Waals surface area contributed by atoms with Crippen LogP contribution in [0.5, 0.6) is 0 Å². The summed E-state index contributed by atoms with van der Waals surface area (Å²) < 4.78 is 11.0. The minimum Gasteiger partial charge on any atom is -0.478 e. The third-order valence-corrected chi connectivity index (χ3v) is 9.66. The van der Waals surface area contributed by atoms with E-state index in [4.69, 9.17) is 14.5 Å². The van der Waals surface area contributed by atoms with E-state index in [-0.39, 0.29) is 23.4 Å². The zero-order valence-corrected chi connectivity index (χ0v) is 27.8. The third-order valence-electron chi connectivity index (χ3n) is 8.72. The van der Waals surface area contributed by atoms with Crippen molar-refractivity contribution in [1.29, 1.82) is 0 Å². The number of thiazole rings is 1. The molecule has 0 aliphatic carbocycles. The molecule has 3 heterocycles. The molecule has 46 heavy (non-hydrogen) atoms. The van der Waals surface area contributed by atoms with Gasteiger partial charge in [0.15, 0.2) is 0 Å². The van der Waals surface area contributed by atoms with Gasteiger partial charge in [0, 0.05) is 37.7 Å². The van der Waals surface area contributed by atoms with E-state index in [0.717, 1.165) is 34.5 Å². The average Bonchev–Trinajstić information content (AvgIpc) is 3.72. The zero-order chi connectivity index (χ0) is 33.2. The van der Waals surface area contributed by atoms with Crippen LogP contribution < -0.4 is 5.32 Å². The highest BCUT2D eigenvalue weighted by Gasteiger charge is 2.41. The largest absolute Gasteiger partial charge is 0.478 e. The van der Waals surface area contributed by atoms with Crippen LogP contribution in [0.15, 0.2) is 41.8 Å². The first-order valence-corrected chi connectivity index (χ1v) is 16.6. The van der Waals surface area contributed by atoms with Crippen LogP contribution in [0.3, 0.4) is 0 Å². The van der Waals surface area contributed by atoms with Gasteiger partial charge in [-0.3, -0.25) is 14.5 Å². The lowest BCUT2D eigenvalue weighted by Crippen LogP contribution is -2.57. The highest BCUT2D eigenvalue weighted by Crippen LogP contribution is 2.38. The van der Waals surface area contributed by atoms with Crippen LogP contribution in [0.4, 0.5) is 4.79 Å². The SMILES string of the molecule is C[C@@H](C(=O)N[C@H](C(=O)N1CCC[C@H]1c1nc(-c2ccc(C(=O)O)c3ccccc23)cs1)C1CCOCC1)N(C)C(=O)OC(C)(C)C. The molecule has 0 bridgehead atoms. The first-order valence-electron chi connectivity index (χ1n) is 15.7. The van der Waals surface area contributed by atoms with Crippen molar-refractivity contribution in [3.8, 4) is 11.3 Å². The molecule has 3 aromatic rings. The molecule has 12 heteroatoms. The maximum absolute atomic E-state index is 14.3. The van der Waals surface area contributed by atoms with Gasteiger partial charge in [-0.05, 0) is 76.1 Å². The maximum atomic E-state index is 14.3. The van der Waals surface area contributed by atoms with Gasteiger partial charge >= 0.3 is 12.1 Å². The Morgan fingerprint density at radius 2 is 1.78 bits per heavy atom. The fraction of sp³-hybridized carbons (Fsp3) is 0.500. The highest BCUT2D eigenvalue weighted by molar-refractivity contribution is 7.10. The number of benzene rings is 2. The summed E-state index contributed by atoms with van der Waals surface area (Å²) in [5.74, 6) is -1.69. The van der Waals surface area contributed by atoms with Gasteiger partial charge in [-0.25, -0.2) is 14.6 Å². The molecule has 246 valence electrons. The summed E-state index contributed by atoms with van der Waals surface area (Å²) in [6, 6.07) is 8.88. The molecular weight excluding hydrogens is 608 g/mol.